The summed E-state index contributed by atoms with van der Waals surface area (Å²) in [5.41, 5.74) is 3.82. The number of carbonyl (C=O) groups is 1. The van der Waals surface area contributed by atoms with Crippen LogP contribution in [0.25, 0.3) is 16.2 Å². The lowest BCUT2D eigenvalue weighted by Crippen LogP contribution is -2.48. The normalized spacial score (nSPS) is 16.1. The van der Waals surface area contributed by atoms with Gasteiger partial charge in [0, 0.05) is 49.9 Å². The summed E-state index contributed by atoms with van der Waals surface area (Å²) in [6.45, 7) is 4.23. The second-order valence-electron chi connectivity index (χ2n) is 8.02. The number of amides is 1. The van der Waals surface area contributed by atoms with E-state index in [2.05, 4.69) is 11.0 Å². The molecular weight excluding hydrogens is 424 g/mol. The van der Waals surface area contributed by atoms with Crippen LogP contribution < -0.4 is 9.47 Å². The number of piperazine rings is 1. The molecule has 0 atom stereocenters. The second-order valence-corrected chi connectivity index (χ2v) is 8.86. The number of fused-ring (bicyclic) bond motifs is 2. The first kappa shape index (κ1) is 19.3. The zero-order chi connectivity index (χ0) is 21.5. The van der Waals surface area contributed by atoms with Crippen molar-refractivity contribution in [3.8, 4) is 22.8 Å². The summed E-state index contributed by atoms with van der Waals surface area (Å²) in [6, 6.07) is 16.1. The molecule has 1 saturated heterocycles. The first-order valence-electron chi connectivity index (χ1n) is 10.7. The quantitative estimate of drug-likeness (QED) is 0.478. The minimum Gasteiger partial charge on any atom is -0.454 e. The SMILES string of the molecule is O=C(c1csc2nc(-c3ccccc3)cn12)N1CCN(Cc2ccc3c(c2)OCO3)CC1. The molecule has 0 bridgehead atoms. The van der Waals surface area contributed by atoms with Crippen molar-refractivity contribution < 1.29 is 14.3 Å². The van der Waals surface area contributed by atoms with Gasteiger partial charge in [-0.3, -0.25) is 14.1 Å². The summed E-state index contributed by atoms with van der Waals surface area (Å²) in [6.07, 6.45) is 1.96. The smallest absolute Gasteiger partial charge is 0.271 e. The highest BCUT2D eigenvalue weighted by Gasteiger charge is 2.25. The Morgan fingerprint density at radius 1 is 1.00 bits per heavy atom. The molecule has 32 heavy (non-hydrogen) atoms. The highest BCUT2D eigenvalue weighted by molar-refractivity contribution is 7.15. The maximum absolute atomic E-state index is 13.2. The van der Waals surface area contributed by atoms with E-state index >= 15 is 0 Å². The van der Waals surface area contributed by atoms with E-state index in [9.17, 15) is 4.79 Å². The van der Waals surface area contributed by atoms with E-state index in [0.717, 1.165) is 47.4 Å². The standard InChI is InChI=1S/C24H22N4O3S/c29-23(20-15-32-24-25-19(14-28(20)24)18-4-2-1-3-5-18)27-10-8-26(9-11-27)13-17-6-7-21-22(12-17)31-16-30-21/h1-7,12,14-15H,8-11,13,16H2. The fraction of sp³-hybridized carbons (Fsp3) is 0.250. The number of hydrogen-bond acceptors (Lipinski definition) is 6. The summed E-state index contributed by atoms with van der Waals surface area (Å²) in [5, 5.41) is 1.92. The molecule has 0 spiro atoms. The molecule has 8 heteroatoms. The Morgan fingerprint density at radius 2 is 1.81 bits per heavy atom. The lowest BCUT2D eigenvalue weighted by atomic mass is 10.1. The maximum atomic E-state index is 13.2. The van der Waals surface area contributed by atoms with E-state index in [-0.39, 0.29) is 5.91 Å². The Bertz CT molecular complexity index is 1280. The van der Waals surface area contributed by atoms with Gasteiger partial charge < -0.3 is 14.4 Å². The van der Waals surface area contributed by atoms with Gasteiger partial charge in [-0.2, -0.15) is 0 Å². The van der Waals surface area contributed by atoms with Gasteiger partial charge in [0.1, 0.15) is 5.69 Å². The summed E-state index contributed by atoms with van der Waals surface area (Å²) in [4.78, 5) is 23.1. The molecule has 0 aliphatic carbocycles. The molecule has 162 valence electrons. The molecule has 7 nitrogen and oxygen atoms in total. The molecule has 2 aromatic carbocycles. The van der Waals surface area contributed by atoms with Crippen LogP contribution in [0.2, 0.25) is 0 Å². The van der Waals surface area contributed by atoms with Crippen molar-refractivity contribution in [3.05, 3.63) is 71.4 Å². The average Bonchev–Trinajstić information content (AvgIpc) is 3.55. The van der Waals surface area contributed by atoms with Crippen molar-refractivity contribution in [2.24, 2.45) is 0 Å². The molecule has 0 unspecified atom stereocenters. The number of aromatic nitrogens is 2. The lowest BCUT2D eigenvalue weighted by molar-refractivity contribution is 0.0622. The molecular formula is C24H22N4O3S. The molecule has 2 aliphatic rings. The Kier molecular flexibility index (Phi) is 4.81. The van der Waals surface area contributed by atoms with E-state index in [4.69, 9.17) is 14.5 Å². The highest BCUT2D eigenvalue weighted by Crippen LogP contribution is 2.33. The van der Waals surface area contributed by atoms with E-state index in [1.165, 1.54) is 16.9 Å². The molecule has 4 heterocycles. The molecule has 0 radical (unpaired) electrons. The number of thiazole rings is 1. The van der Waals surface area contributed by atoms with Crippen LogP contribution in [-0.2, 0) is 6.54 Å². The highest BCUT2D eigenvalue weighted by atomic mass is 32.1. The first-order chi connectivity index (χ1) is 15.7. The summed E-state index contributed by atoms with van der Waals surface area (Å²) in [7, 11) is 0. The third-order valence-electron chi connectivity index (χ3n) is 6.00. The first-order valence-corrected chi connectivity index (χ1v) is 11.5. The fourth-order valence-corrected chi connectivity index (χ4v) is 5.10. The van der Waals surface area contributed by atoms with Crippen molar-refractivity contribution in [3.63, 3.8) is 0 Å². The van der Waals surface area contributed by atoms with Gasteiger partial charge in [0.25, 0.3) is 5.91 Å². The Balaban J connectivity index is 1.13. The summed E-state index contributed by atoms with van der Waals surface area (Å²) < 4.78 is 12.8. The van der Waals surface area contributed by atoms with Gasteiger partial charge in [0.2, 0.25) is 6.79 Å². The zero-order valence-electron chi connectivity index (χ0n) is 17.4. The number of benzene rings is 2. The fourth-order valence-electron chi connectivity index (χ4n) is 4.25. The van der Waals surface area contributed by atoms with E-state index in [1.54, 1.807) is 0 Å². The van der Waals surface area contributed by atoms with Crippen LogP contribution in [0.15, 0.2) is 60.1 Å². The van der Waals surface area contributed by atoms with Gasteiger partial charge in [-0.25, -0.2) is 4.98 Å². The van der Waals surface area contributed by atoms with Gasteiger partial charge in [-0.15, -0.1) is 11.3 Å². The number of nitrogens with zero attached hydrogens (tertiary/aromatic N) is 4. The Morgan fingerprint density at radius 3 is 2.66 bits per heavy atom. The number of rotatable bonds is 4. The molecule has 0 N–H and O–H groups in total. The molecule has 0 saturated carbocycles. The van der Waals surface area contributed by atoms with Gasteiger partial charge in [0.15, 0.2) is 16.5 Å². The summed E-state index contributed by atoms with van der Waals surface area (Å²) in [5.74, 6) is 1.69. The van der Waals surface area contributed by atoms with Crippen molar-refractivity contribution in [2.75, 3.05) is 33.0 Å². The van der Waals surface area contributed by atoms with Gasteiger partial charge >= 0.3 is 0 Å². The van der Waals surface area contributed by atoms with Crippen LogP contribution in [0, 0.1) is 0 Å². The largest absolute Gasteiger partial charge is 0.454 e. The van der Waals surface area contributed by atoms with Crippen molar-refractivity contribution in [1.29, 1.82) is 0 Å². The van der Waals surface area contributed by atoms with Crippen molar-refractivity contribution >= 4 is 22.2 Å². The maximum Gasteiger partial charge on any atom is 0.271 e. The second kappa shape index (κ2) is 7.96. The average molecular weight is 447 g/mol. The predicted molar refractivity (Wildman–Crippen MR) is 122 cm³/mol. The minimum absolute atomic E-state index is 0.0657. The van der Waals surface area contributed by atoms with E-state index < -0.39 is 0 Å². The topological polar surface area (TPSA) is 59.3 Å². The van der Waals surface area contributed by atoms with Gasteiger partial charge in [-0.1, -0.05) is 36.4 Å². The number of carbonyl (C=O) groups excluding carboxylic acids is 1. The molecule has 6 rings (SSSR count). The lowest BCUT2D eigenvalue weighted by Gasteiger charge is -2.34. The van der Waals surface area contributed by atoms with Crippen LogP contribution in [0.4, 0.5) is 0 Å². The van der Waals surface area contributed by atoms with Gasteiger partial charge in [0.05, 0.1) is 5.69 Å². The minimum atomic E-state index is 0.0657. The molecule has 4 aromatic rings. The van der Waals surface area contributed by atoms with E-state index in [0.29, 0.717) is 25.6 Å². The van der Waals surface area contributed by atoms with Crippen molar-refractivity contribution in [2.45, 2.75) is 6.54 Å². The van der Waals surface area contributed by atoms with E-state index in [1.807, 2.05) is 63.3 Å². The molecule has 2 aromatic heterocycles. The molecule has 1 amide bonds. The Hall–Kier alpha value is -3.36. The zero-order valence-corrected chi connectivity index (χ0v) is 18.3. The van der Waals surface area contributed by atoms with Crippen LogP contribution in [0.3, 0.4) is 0 Å². The predicted octanol–water partition coefficient (Wildman–Crippen LogP) is 3.75. The number of imidazole rings is 1. The van der Waals surface area contributed by atoms with Crippen LogP contribution in [0.1, 0.15) is 16.1 Å². The van der Waals surface area contributed by atoms with Crippen LogP contribution in [0.5, 0.6) is 11.5 Å². The molecule has 2 aliphatic heterocycles. The van der Waals surface area contributed by atoms with Crippen LogP contribution >= 0.6 is 11.3 Å². The number of hydrogen-bond donors (Lipinski definition) is 0. The third kappa shape index (κ3) is 3.51. The van der Waals surface area contributed by atoms with Gasteiger partial charge in [-0.05, 0) is 17.7 Å². The monoisotopic (exact) mass is 446 g/mol. The third-order valence-corrected chi connectivity index (χ3v) is 6.84. The molecule has 1 fully saturated rings. The summed E-state index contributed by atoms with van der Waals surface area (Å²) >= 11 is 1.51. The Labute approximate surface area is 189 Å². The number of ether oxygens (including phenoxy) is 2. The van der Waals surface area contributed by atoms with Crippen LogP contribution in [-0.4, -0.2) is 58.1 Å². The van der Waals surface area contributed by atoms with Crippen molar-refractivity contribution in [1.82, 2.24) is 19.2 Å².